The lowest BCUT2D eigenvalue weighted by Crippen LogP contribution is -2.33. The molecule has 0 aliphatic carbocycles. The summed E-state index contributed by atoms with van der Waals surface area (Å²) in [6.07, 6.45) is 1.44. The summed E-state index contributed by atoms with van der Waals surface area (Å²) in [5, 5.41) is 5.24. The fourth-order valence-electron chi connectivity index (χ4n) is 1.15. The number of nitrogens with zero attached hydrogens (tertiary/aromatic N) is 3. The Balaban J connectivity index is 1.98. The minimum absolute atomic E-state index is 0.0403. The second-order valence-electron chi connectivity index (χ2n) is 2.80. The van der Waals surface area contributed by atoms with Crippen LogP contribution in [-0.4, -0.2) is 39.4 Å². The predicted molar refractivity (Wildman–Crippen MR) is 43.3 cm³/mol. The molecule has 0 spiro atoms. The van der Waals surface area contributed by atoms with Crippen molar-refractivity contribution in [1.29, 1.82) is 0 Å². The molecule has 1 fully saturated rings. The van der Waals surface area contributed by atoms with Gasteiger partial charge in [-0.1, -0.05) is 5.16 Å². The van der Waals surface area contributed by atoms with Gasteiger partial charge in [0, 0.05) is 13.0 Å². The summed E-state index contributed by atoms with van der Waals surface area (Å²) in [5.41, 5.74) is 0. The Morgan fingerprint density at radius 2 is 2.20 bits per heavy atom. The van der Waals surface area contributed by atoms with Crippen LogP contribution in [0.1, 0.15) is 5.89 Å². The molecule has 1 saturated heterocycles. The average molecular weight is 210 g/mol. The third-order valence-electron chi connectivity index (χ3n) is 1.86. The van der Waals surface area contributed by atoms with Gasteiger partial charge in [-0.3, -0.25) is 19.8 Å². The highest BCUT2D eigenvalue weighted by atomic mass is 16.5. The molecule has 15 heavy (non-hydrogen) atoms. The number of carbonyl (C=O) groups excluding carboxylic acids is 3. The largest absolute Gasteiger partial charge is 0.340 e. The van der Waals surface area contributed by atoms with E-state index in [1.807, 2.05) is 5.32 Å². The van der Waals surface area contributed by atoms with Crippen LogP contribution in [0.15, 0.2) is 10.9 Å². The van der Waals surface area contributed by atoms with Crippen LogP contribution >= 0.6 is 0 Å². The van der Waals surface area contributed by atoms with Gasteiger partial charge in [0.1, 0.15) is 0 Å². The maximum absolute atomic E-state index is 11.1. The van der Waals surface area contributed by atoms with Gasteiger partial charge in [0.05, 0.1) is 0 Å². The van der Waals surface area contributed by atoms with Gasteiger partial charge in [-0.2, -0.15) is 4.98 Å². The molecule has 4 amide bonds. The Hall–Kier alpha value is -2.25. The van der Waals surface area contributed by atoms with Crippen LogP contribution in [0.3, 0.4) is 0 Å². The highest BCUT2D eigenvalue weighted by Crippen LogP contribution is 2.02. The Kier molecular flexibility index (Phi) is 2.16. The third kappa shape index (κ3) is 1.68. The van der Waals surface area contributed by atoms with Crippen molar-refractivity contribution in [1.82, 2.24) is 20.4 Å². The number of carbonyl (C=O) groups is 3. The predicted octanol–water partition coefficient (Wildman–Crippen LogP) is -1.31. The zero-order valence-corrected chi connectivity index (χ0v) is 7.47. The molecule has 8 heteroatoms. The average Bonchev–Trinajstić information content (AvgIpc) is 2.76. The monoisotopic (exact) mass is 210 g/mol. The molecule has 0 aromatic carbocycles. The summed E-state index contributed by atoms with van der Waals surface area (Å²) in [6, 6.07) is -0.718. The molecule has 0 radical (unpaired) electrons. The van der Waals surface area contributed by atoms with Crippen molar-refractivity contribution >= 4 is 17.8 Å². The van der Waals surface area contributed by atoms with Gasteiger partial charge in [0.15, 0.2) is 6.33 Å². The number of urea groups is 1. The molecular weight excluding hydrogens is 204 g/mol. The summed E-state index contributed by atoms with van der Waals surface area (Å²) >= 11 is 0. The van der Waals surface area contributed by atoms with Crippen LogP contribution in [-0.2, 0) is 16.0 Å². The van der Waals surface area contributed by atoms with E-state index in [2.05, 4.69) is 14.7 Å². The number of aromatic nitrogens is 2. The lowest BCUT2D eigenvalue weighted by Gasteiger charge is -2.08. The van der Waals surface area contributed by atoms with Crippen molar-refractivity contribution < 1.29 is 18.9 Å². The Morgan fingerprint density at radius 3 is 2.73 bits per heavy atom. The van der Waals surface area contributed by atoms with Gasteiger partial charge in [-0.05, 0) is 0 Å². The molecule has 2 rings (SSSR count). The van der Waals surface area contributed by atoms with Crippen LogP contribution in [0.2, 0.25) is 0 Å². The summed E-state index contributed by atoms with van der Waals surface area (Å²) < 4.78 is 4.67. The van der Waals surface area contributed by atoms with Crippen LogP contribution in [0, 0.1) is 0 Å². The number of hydrogen-bond acceptors (Lipinski definition) is 6. The van der Waals surface area contributed by atoms with Gasteiger partial charge in [0.2, 0.25) is 5.89 Å². The molecule has 1 aliphatic heterocycles. The Morgan fingerprint density at radius 1 is 1.40 bits per heavy atom. The lowest BCUT2D eigenvalue weighted by atomic mass is 10.4. The number of imide groups is 2. The summed E-state index contributed by atoms with van der Waals surface area (Å²) in [5.74, 6) is -1.47. The van der Waals surface area contributed by atoms with E-state index in [0.717, 1.165) is 4.90 Å². The molecule has 0 unspecified atom stereocenters. The molecule has 0 saturated carbocycles. The molecule has 2 heterocycles. The van der Waals surface area contributed by atoms with E-state index >= 15 is 0 Å². The van der Waals surface area contributed by atoms with Crippen LogP contribution in [0.25, 0.3) is 0 Å². The van der Waals surface area contributed by atoms with Crippen LogP contribution in [0.4, 0.5) is 4.79 Å². The summed E-state index contributed by atoms with van der Waals surface area (Å²) in [7, 11) is 0. The van der Waals surface area contributed by atoms with Crippen molar-refractivity contribution in [2.24, 2.45) is 0 Å². The molecule has 1 aliphatic rings. The topological polar surface area (TPSA) is 105 Å². The van der Waals surface area contributed by atoms with Crippen molar-refractivity contribution in [3.05, 3.63) is 12.2 Å². The molecule has 1 N–H and O–H groups in total. The maximum atomic E-state index is 11.1. The van der Waals surface area contributed by atoms with Crippen molar-refractivity contribution in [2.45, 2.75) is 6.42 Å². The number of rotatable bonds is 3. The van der Waals surface area contributed by atoms with Crippen LogP contribution < -0.4 is 5.32 Å². The summed E-state index contributed by atoms with van der Waals surface area (Å²) in [6.45, 7) is 0.0403. The standard InChI is InChI=1S/C7H6N4O4/c12-5-6(13)11(7(14)10-5)2-1-4-8-3-9-15-4/h3H,1-2H2,(H,10,12,14). The molecule has 0 bridgehead atoms. The van der Waals surface area contributed by atoms with Gasteiger partial charge >= 0.3 is 17.8 Å². The normalized spacial score (nSPS) is 16.0. The first-order valence-electron chi connectivity index (χ1n) is 4.11. The SMILES string of the molecule is O=C1NC(=O)N(CCc2ncno2)C1=O. The fraction of sp³-hybridized carbons (Fsp3) is 0.286. The molecule has 0 atom stereocenters. The molecular formula is C7H6N4O4. The van der Waals surface area contributed by atoms with E-state index in [-0.39, 0.29) is 13.0 Å². The van der Waals surface area contributed by atoms with Gasteiger partial charge in [-0.25, -0.2) is 4.79 Å². The fourth-order valence-corrected chi connectivity index (χ4v) is 1.15. The third-order valence-corrected chi connectivity index (χ3v) is 1.86. The maximum Gasteiger partial charge on any atom is 0.331 e. The van der Waals surface area contributed by atoms with Gasteiger partial charge in [0.25, 0.3) is 0 Å². The lowest BCUT2D eigenvalue weighted by molar-refractivity contribution is -0.140. The minimum Gasteiger partial charge on any atom is -0.340 e. The first-order valence-corrected chi connectivity index (χ1v) is 4.11. The number of hydrogen-bond donors (Lipinski definition) is 1. The van der Waals surface area contributed by atoms with E-state index in [4.69, 9.17) is 0 Å². The molecule has 8 nitrogen and oxygen atoms in total. The zero-order valence-electron chi connectivity index (χ0n) is 7.47. The molecule has 78 valence electrons. The first-order chi connectivity index (χ1) is 7.18. The van der Waals surface area contributed by atoms with Crippen LogP contribution in [0.5, 0.6) is 0 Å². The quantitative estimate of drug-likeness (QED) is 0.490. The zero-order chi connectivity index (χ0) is 10.8. The number of amides is 4. The Labute approximate surface area is 83.2 Å². The van der Waals surface area contributed by atoms with Crippen molar-refractivity contribution in [2.75, 3.05) is 6.54 Å². The van der Waals surface area contributed by atoms with E-state index in [1.165, 1.54) is 6.33 Å². The van der Waals surface area contributed by atoms with Gasteiger partial charge < -0.3 is 4.52 Å². The van der Waals surface area contributed by atoms with E-state index in [9.17, 15) is 14.4 Å². The van der Waals surface area contributed by atoms with Crippen molar-refractivity contribution in [3.63, 3.8) is 0 Å². The van der Waals surface area contributed by atoms with E-state index in [1.54, 1.807) is 0 Å². The van der Waals surface area contributed by atoms with E-state index < -0.39 is 17.8 Å². The second-order valence-corrected chi connectivity index (χ2v) is 2.80. The second kappa shape index (κ2) is 3.48. The Bertz CT molecular complexity index is 413. The molecule has 1 aromatic heterocycles. The van der Waals surface area contributed by atoms with Crippen molar-refractivity contribution in [3.8, 4) is 0 Å². The summed E-state index contributed by atoms with van der Waals surface area (Å²) in [4.78, 5) is 37.5. The minimum atomic E-state index is -0.912. The smallest absolute Gasteiger partial charge is 0.331 e. The van der Waals surface area contributed by atoms with E-state index in [0.29, 0.717) is 5.89 Å². The highest BCUT2D eigenvalue weighted by Gasteiger charge is 2.36. The van der Waals surface area contributed by atoms with Gasteiger partial charge in [-0.15, -0.1) is 0 Å². The number of nitrogens with one attached hydrogen (secondary N) is 1. The molecule has 1 aromatic rings. The highest BCUT2D eigenvalue weighted by molar-refractivity contribution is 6.44. The first kappa shape index (κ1) is 9.31.